The van der Waals surface area contributed by atoms with E-state index in [9.17, 15) is 4.79 Å². The summed E-state index contributed by atoms with van der Waals surface area (Å²) >= 11 is 1.49. The predicted molar refractivity (Wildman–Crippen MR) is 126 cm³/mol. The average Bonchev–Trinajstić information content (AvgIpc) is 3.45. The van der Waals surface area contributed by atoms with E-state index >= 15 is 0 Å². The molecule has 2 aromatic carbocycles. The Morgan fingerprint density at radius 3 is 2.62 bits per heavy atom. The van der Waals surface area contributed by atoms with Crippen LogP contribution in [0.15, 0.2) is 75.2 Å². The van der Waals surface area contributed by atoms with Gasteiger partial charge >= 0.3 is 0 Å². The molecule has 0 aliphatic heterocycles. The number of rotatable bonds is 7. The highest BCUT2D eigenvalue weighted by molar-refractivity contribution is 7.98. The van der Waals surface area contributed by atoms with Crippen molar-refractivity contribution in [2.45, 2.75) is 37.7 Å². The van der Waals surface area contributed by atoms with Crippen molar-refractivity contribution in [3.05, 3.63) is 77.0 Å². The Morgan fingerprint density at radius 2 is 1.81 bits per heavy atom. The zero-order valence-electron chi connectivity index (χ0n) is 17.9. The van der Waals surface area contributed by atoms with Gasteiger partial charge in [0, 0.05) is 12.1 Å². The van der Waals surface area contributed by atoms with Crippen molar-refractivity contribution >= 4 is 28.4 Å². The molecule has 0 atom stereocenters. The zero-order chi connectivity index (χ0) is 22.1. The maximum absolute atomic E-state index is 13.1. The SMILES string of the molecule is CC(C)CCn1c(=O)c2ccccc2n2c(SCc3ncc(-c4ccccc4)o3)nnc12. The third-order valence-electron chi connectivity index (χ3n) is 5.34. The van der Waals surface area contributed by atoms with Crippen LogP contribution in [0.5, 0.6) is 0 Å². The maximum atomic E-state index is 13.1. The Hall–Kier alpha value is -3.39. The molecule has 0 N–H and O–H groups in total. The first-order chi connectivity index (χ1) is 15.6. The van der Waals surface area contributed by atoms with Crippen LogP contribution >= 0.6 is 11.8 Å². The van der Waals surface area contributed by atoms with Crippen LogP contribution in [0.3, 0.4) is 0 Å². The second-order valence-corrected chi connectivity index (χ2v) is 8.99. The van der Waals surface area contributed by atoms with Crippen molar-refractivity contribution in [3.8, 4) is 11.3 Å². The molecule has 0 spiro atoms. The van der Waals surface area contributed by atoms with E-state index in [2.05, 4.69) is 29.0 Å². The number of para-hydroxylation sites is 1. The lowest BCUT2D eigenvalue weighted by molar-refractivity contribution is 0.512. The molecule has 0 saturated carbocycles. The number of aryl methyl sites for hydroxylation is 1. The highest BCUT2D eigenvalue weighted by Crippen LogP contribution is 2.27. The van der Waals surface area contributed by atoms with Gasteiger partial charge in [0.2, 0.25) is 11.7 Å². The van der Waals surface area contributed by atoms with E-state index in [-0.39, 0.29) is 5.56 Å². The summed E-state index contributed by atoms with van der Waals surface area (Å²) in [4.78, 5) is 17.5. The highest BCUT2D eigenvalue weighted by Gasteiger charge is 2.18. The fourth-order valence-corrected chi connectivity index (χ4v) is 4.45. The van der Waals surface area contributed by atoms with Gasteiger partial charge in [-0.3, -0.25) is 13.8 Å². The van der Waals surface area contributed by atoms with Gasteiger partial charge in [-0.2, -0.15) is 0 Å². The summed E-state index contributed by atoms with van der Waals surface area (Å²) in [6, 6.07) is 17.5. The normalized spacial score (nSPS) is 11.7. The number of hydrogen-bond donors (Lipinski definition) is 0. The lowest BCUT2D eigenvalue weighted by Gasteiger charge is -2.12. The first kappa shape index (κ1) is 20.5. The van der Waals surface area contributed by atoms with Gasteiger partial charge in [0.1, 0.15) is 0 Å². The number of hydrogen-bond acceptors (Lipinski definition) is 6. The van der Waals surface area contributed by atoms with Gasteiger partial charge < -0.3 is 4.42 Å². The fourth-order valence-electron chi connectivity index (χ4n) is 3.66. The molecular formula is C24H23N5O2S. The molecule has 3 heterocycles. The van der Waals surface area contributed by atoms with Crippen LogP contribution in [0.25, 0.3) is 28.0 Å². The summed E-state index contributed by atoms with van der Waals surface area (Å²) in [5.41, 5.74) is 1.76. The number of thioether (sulfide) groups is 1. The van der Waals surface area contributed by atoms with Gasteiger partial charge in [-0.15, -0.1) is 10.2 Å². The highest BCUT2D eigenvalue weighted by atomic mass is 32.2. The van der Waals surface area contributed by atoms with E-state index in [4.69, 9.17) is 4.42 Å². The molecule has 32 heavy (non-hydrogen) atoms. The van der Waals surface area contributed by atoms with E-state index in [1.54, 1.807) is 10.8 Å². The maximum Gasteiger partial charge on any atom is 0.262 e. The van der Waals surface area contributed by atoms with Crippen LogP contribution in [0.4, 0.5) is 0 Å². The van der Waals surface area contributed by atoms with Gasteiger partial charge in [-0.05, 0) is 24.5 Å². The van der Waals surface area contributed by atoms with Crippen LogP contribution in [-0.4, -0.2) is 24.1 Å². The molecule has 0 aliphatic rings. The number of benzene rings is 2. The fraction of sp³-hybridized carbons (Fsp3) is 0.250. The summed E-state index contributed by atoms with van der Waals surface area (Å²) < 4.78 is 9.63. The van der Waals surface area contributed by atoms with E-state index < -0.39 is 0 Å². The Kier molecular flexibility index (Phi) is 5.53. The van der Waals surface area contributed by atoms with Crippen LogP contribution in [0.1, 0.15) is 26.2 Å². The van der Waals surface area contributed by atoms with Gasteiger partial charge in [-0.25, -0.2) is 4.98 Å². The van der Waals surface area contributed by atoms with Crippen molar-refractivity contribution in [2.75, 3.05) is 0 Å². The number of nitrogens with zero attached hydrogens (tertiary/aromatic N) is 5. The standard InChI is InChI=1S/C24H23N5O2S/c1-16(2)12-13-28-22(30)18-10-6-7-11-19(18)29-23(28)26-27-24(29)32-15-21-25-14-20(31-21)17-8-4-3-5-9-17/h3-11,14,16H,12-13,15H2,1-2H3. The molecule has 0 unspecified atom stereocenters. The Balaban J connectivity index is 1.50. The molecular weight excluding hydrogens is 422 g/mol. The molecule has 162 valence electrons. The molecule has 0 aliphatic carbocycles. The monoisotopic (exact) mass is 445 g/mol. The van der Waals surface area contributed by atoms with Crippen LogP contribution in [-0.2, 0) is 12.3 Å². The second-order valence-electron chi connectivity index (χ2n) is 8.05. The van der Waals surface area contributed by atoms with Crippen molar-refractivity contribution < 1.29 is 4.42 Å². The summed E-state index contributed by atoms with van der Waals surface area (Å²) in [5.74, 6) is 2.90. The molecule has 0 amide bonds. The van der Waals surface area contributed by atoms with Gasteiger partial charge in [0.05, 0.1) is 22.9 Å². The largest absolute Gasteiger partial charge is 0.440 e. The number of aromatic nitrogens is 5. The zero-order valence-corrected chi connectivity index (χ0v) is 18.7. The topological polar surface area (TPSA) is 78.2 Å². The first-order valence-corrected chi connectivity index (χ1v) is 11.6. The van der Waals surface area contributed by atoms with Gasteiger partial charge in [-0.1, -0.05) is 68.1 Å². The molecule has 5 aromatic rings. The summed E-state index contributed by atoms with van der Waals surface area (Å²) in [5, 5.41) is 10.1. The molecule has 0 saturated heterocycles. The van der Waals surface area contributed by atoms with Crippen LogP contribution in [0.2, 0.25) is 0 Å². The molecule has 3 aromatic heterocycles. The lowest BCUT2D eigenvalue weighted by atomic mass is 10.1. The Morgan fingerprint density at radius 1 is 1.03 bits per heavy atom. The van der Waals surface area contributed by atoms with E-state index in [1.165, 1.54) is 11.8 Å². The molecule has 0 bridgehead atoms. The van der Waals surface area contributed by atoms with E-state index in [1.807, 2.05) is 59.0 Å². The molecule has 8 heteroatoms. The van der Waals surface area contributed by atoms with Gasteiger partial charge in [0.15, 0.2) is 10.9 Å². The van der Waals surface area contributed by atoms with E-state index in [0.29, 0.717) is 40.4 Å². The number of fused-ring (bicyclic) bond motifs is 3. The van der Waals surface area contributed by atoms with Crippen molar-refractivity contribution in [3.63, 3.8) is 0 Å². The second kappa shape index (κ2) is 8.63. The first-order valence-electron chi connectivity index (χ1n) is 10.6. The van der Waals surface area contributed by atoms with E-state index in [0.717, 1.165) is 23.3 Å². The third kappa shape index (κ3) is 3.82. The third-order valence-corrected chi connectivity index (χ3v) is 6.26. The molecule has 7 nitrogen and oxygen atoms in total. The minimum atomic E-state index is -0.0297. The molecule has 0 fully saturated rings. The predicted octanol–water partition coefficient (Wildman–Crippen LogP) is 5.04. The van der Waals surface area contributed by atoms with Crippen molar-refractivity contribution in [2.24, 2.45) is 5.92 Å². The van der Waals surface area contributed by atoms with Crippen LogP contribution < -0.4 is 5.56 Å². The van der Waals surface area contributed by atoms with Crippen molar-refractivity contribution in [1.82, 2.24) is 24.1 Å². The summed E-state index contributed by atoms with van der Waals surface area (Å²) in [6.45, 7) is 4.90. The lowest BCUT2D eigenvalue weighted by Crippen LogP contribution is -2.24. The minimum absolute atomic E-state index is 0.0297. The minimum Gasteiger partial charge on any atom is -0.440 e. The molecule has 5 rings (SSSR count). The number of oxazole rings is 1. The molecule has 0 radical (unpaired) electrons. The summed E-state index contributed by atoms with van der Waals surface area (Å²) in [7, 11) is 0. The van der Waals surface area contributed by atoms with Crippen LogP contribution in [0, 0.1) is 5.92 Å². The van der Waals surface area contributed by atoms with Crippen molar-refractivity contribution in [1.29, 1.82) is 0 Å². The Bertz CT molecular complexity index is 1440. The Labute approximate surface area is 189 Å². The average molecular weight is 446 g/mol. The quantitative estimate of drug-likeness (QED) is 0.327. The van der Waals surface area contributed by atoms with Gasteiger partial charge in [0.25, 0.3) is 5.56 Å². The summed E-state index contributed by atoms with van der Waals surface area (Å²) in [6.07, 6.45) is 2.63. The smallest absolute Gasteiger partial charge is 0.262 e.